The molecule has 0 unspecified atom stereocenters. The number of anilines is 1. The van der Waals surface area contributed by atoms with Crippen molar-refractivity contribution in [3.63, 3.8) is 0 Å². The highest BCUT2D eigenvalue weighted by Gasteiger charge is 2.17. The Hall–Kier alpha value is -1.70. The summed E-state index contributed by atoms with van der Waals surface area (Å²) in [7, 11) is 0. The topological polar surface area (TPSA) is 32.3 Å². The van der Waals surface area contributed by atoms with Gasteiger partial charge in [0.1, 0.15) is 5.75 Å². The number of phenolic OH excluding ortho intramolecular Hbond substituents is 1. The Labute approximate surface area is 94.9 Å². The maximum atomic E-state index is 9.77. The summed E-state index contributed by atoms with van der Waals surface area (Å²) in [4.78, 5) is 0. The lowest BCUT2D eigenvalue weighted by molar-refractivity contribution is 0.446. The normalized spacial score (nSPS) is 16.0. The summed E-state index contributed by atoms with van der Waals surface area (Å²) < 4.78 is 0. The highest BCUT2D eigenvalue weighted by Crippen LogP contribution is 2.32. The number of aromatic hydroxyl groups is 1. The Balaban J connectivity index is 2.06. The van der Waals surface area contributed by atoms with Crippen LogP contribution in [0.25, 0.3) is 10.8 Å². The molecule has 0 saturated heterocycles. The molecule has 0 radical (unpaired) electrons. The number of rotatable bonds is 2. The van der Waals surface area contributed by atoms with Gasteiger partial charge in [0, 0.05) is 22.5 Å². The van der Waals surface area contributed by atoms with Crippen LogP contribution in [0, 0.1) is 0 Å². The van der Waals surface area contributed by atoms with E-state index in [1.54, 1.807) is 6.07 Å². The van der Waals surface area contributed by atoms with Crippen molar-refractivity contribution >= 4 is 16.5 Å². The molecule has 1 aliphatic rings. The largest absolute Gasteiger partial charge is 0.507 e. The zero-order valence-electron chi connectivity index (χ0n) is 9.11. The van der Waals surface area contributed by atoms with Gasteiger partial charge in [-0.25, -0.2) is 0 Å². The third-order valence-electron chi connectivity index (χ3n) is 3.36. The molecular formula is C14H15NO. The quantitative estimate of drug-likeness (QED) is 0.800. The molecule has 0 aliphatic heterocycles. The molecule has 2 aromatic carbocycles. The first kappa shape index (κ1) is 9.52. The summed E-state index contributed by atoms with van der Waals surface area (Å²) in [5, 5.41) is 15.3. The lowest BCUT2D eigenvalue weighted by atomic mass is 9.92. The first-order chi connectivity index (χ1) is 7.84. The highest BCUT2D eigenvalue weighted by atomic mass is 16.3. The fourth-order valence-electron chi connectivity index (χ4n) is 2.19. The minimum Gasteiger partial charge on any atom is -0.507 e. The molecule has 0 heterocycles. The van der Waals surface area contributed by atoms with E-state index in [4.69, 9.17) is 0 Å². The molecule has 0 amide bonds. The molecule has 82 valence electrons. The van der Waals surface area contributed by atoms with Gasteiger partial charge in [-0.3, -0.25) is 0 Å². The maximum absolute atomic E-state index is 9.77. The molecule has 2 heteroatoms. The van der Waals surface area contributed by atoms with Gasteiger partial charge in [-0.15, -0.1) is 0 Å². The average Bonchev–Trinajstić information content (AvgIpc) is 2.24. The van der Waals surface area contributed by atoms with Crippen molar-refractivity contribution in [1.29, 1.82) is 0 Å². The summed E-state index contributed by atoms with van der Waals surface area (Å²) in [6.07, 6.45) is 3.85. The standard InChI is InChI=1S/C14H15NO/c16-14-9-3-6-11-12(14)7-2-8-13(11)15-10-4-1-5-10/h2-3,6-10,15-16H,1,4-5H2. The summed E-state index contributed by atoms with van der Waals surface area (Å²) in [5.41, 5.74) is 1.14. The van der Waals surface area contributed by atoms with E-state index in [1.807, 2.05) is 18.2 Å². The molecule has 2 aromatic rings. The SMILES string of the molecule is Oc1cccc2c(NC3CCC3)cccc12. The van der Waals surface area contributed by atoms with Crippen LogP contribution in [0.4, 0.5) is 5.69 Å². The average molecular weight is 213 g/mol. The predicted octanol–water partition coefficient (Wildman–Crippen LogP) is 3.51. The van der Waals surface area contributed by atoms with E-state index in [2.05, 4.69) is 17.4 Å². The van der Waals surface area contributed by atoms with Crippen LogP contribution in [0.3, 0.4) is 0 Å². The first-order valence-corrected chi connectivity index (χ1v) is 5.82. The Kier molecular flexibility index (Phi) is 2.21. The monoisotopic (exact) mass is 213 g/mol. The van der Waals surface area contributed by atoms with E-state index in [0.717, 1.165) is 16.5 Å². The molecule has 1 saturated carbocycles. The van der Waals surface area contributed by atoms with Gasteiger partial charge in [0.15, 0.2) is 0 Å². The first-order valence-electron chi connectivity index (χ1n) is 5.82. The van der Waals surface area contributed by atoms with Crippen molar-refractivity contribution in [2.45, 2.75) is 25.3 Å². The van der Waals surface area contributed by atoms with Gasteiger partial charge in [0.2, 0.25) is 0 Å². The third-order valence-corrected chi connectivity index (χ3v) is 3.36. The van der Waals surface area contributed by atoms with Crippen LogP contribution in [0.5, 0.6) is 5.75 Å². The van der Waals surface area contributed by atoms with Gasteiger partial charge in [-0.05, 0) is 31.4 Å². The lowest BCUT2D eigenvalue weighted by Gasteiger charge is -2.28. The zero-order chi connectivity index (χ0) is 11.0. The molecule has 2 nitrogen and oxygen atoms in total. The Morgan fingerprint density at radius 3 is 2.50 bits per heavy atom. The molecule has 1 fully saturated rings. The van der Waals surface area contributed by atoms with Crippen LogP contribution < -0.4 is 5.32 Å². The predicted molar refractivity (Wildman–Crippen MR) is 66.9 cm³/mol. The van der Waals surface area contributed by atoms with Gasteiger partial charge in [0.25, 0.3) is 0 Å². The lowest BCUT2D eigenvalue weighted by Crippen LogP contribution is -2.26. The Morgan fingerprint density at radius 2 is 1.75 bits per heavy atom. The molecule has 0 bridgehead atoms. The fraction of sp³-hybridized carbons (Fsp3) is 0.286. The molecule has 2 N–H and O–H groups in total. The van der Waals surface area contributed by atoms with Crippen molar-refractivity contribution < 1.29 is 5.11 Å². The van der Waals surface area contributed by atoms with E-state index in [9.17, 15) is 5.11 Å². The van der Waals surface area contributed by atoms with E-state index >= 15 is 0 Å². The number of fused-ring (bicyclic) bond motifs is 1. The molecule has 0 spiro atoms. The summed E-state index contributed by atoms with van der Waals surface area (Å²) in [6.45, 7) is 0. The van der Waals surface area contributed by atoms with Gasteiger partial charge in [-0.2, -0.15) is 0 Å². The third kappa shape index (κ3) is 1.51. The number of hydrogen-bond donors (Lipinski definition) is 2. The second kappa shape index (κ2) is 3.71. The van der Waals surface area contributed by atoms with Crippen LogP contribution >= 0.6 is 0 Å². The number of phenols is 1. The number of nitrogens with one attached hydrogen (secondary N) is 1. The summed E-state index contributed by atoms with van der Waals surface area (Å²) in [5.74, 6) is 0.356. The molecule has 0 aromatic heterocycles. The second-order valence-corrected chi connectivity index (χ2v) is 4.45. The maximum Gasteiger partial charge on any atom is 0.123 e. The number of benzene rings is 2. The van der Waals surface area contributed by atoms with Gasteiger partial charge in [0.05, 0.1) is 0 Å². The van der Waals surface area contributed by atoms with Crippen LogP contribution in [0.2, 0.25) is 0 Å². The summed E-state index contributed by atoms with van der Waals surface area (Å²) in [6, 6.07) is 12.3. The fourth-order valence-corrected chi connectivity index (χ4v) is 2.19. The van der Waals surface area contributed by atoms with Gasteiger partial charge in [-0.1, -0.05) is 24.3 Å². The van der Waals surface area contributed by atoms with Crippen molar-refractivity contribution in [2.24, 2.45) is 0 Å². The van der Waals surface area contributed by atoms with Crippen molar-refractivity contribution in [3.05, 3.63) is 36.4 Å². The van der Waals surface area contributed by atoms with E-state index in [-0.39, 0.29) is 0 Å². The van der Waals surface area contributed by atoms with Crippen LogP contribution in [0.15, 0.2) is 36.4 Å². The van der Waals surface area contributed by atoms with Crippen LogP contribution in [-0.4, -0.2) is 11.1 Å². The summed E-state index contributed by atoms with van der Waals surface area (Å²) >= 11 is 0. The van der Waals surface area contributed by atoms with Crippen LogP contribution in [0.1, 0.15) is 19.3 Å². The molecule has 3 rings (SSSR count). The van der Waals surface area contributed by atoms with Crippen molar-refractivity contribution in [2.75, 3.05) is 5.32 Å². The number of hydrogen-bond acceptors (Lipinski definition) is 2. The Bertz CT molecular complexity index is 517. The van der Waals surface area contributed by atoms with E-state index in [1.165, 1.54) is 19.3 Å². The van der Waals surface area contributed by atoms with Crippen molar-refractivity contribution in [1.82, 2.24) is 0 Å². The Morgan fingerprint density at radius 1 is 1.00 bits per heavy atom. The second-order valence-electron chi connectivity index (χ2n) is 4.45. The van der Waals surface area contributed by atoms with Crippen molar-refractivity contribution in [3.8, 4) is 5.75 Å². The van der Waals surface area contributed by atoms with E-state index in [0.29, 0.717) is 11.8 Å². The molecule has 1 aliphatic carbocycles. The van der Waals surface area contributed by atoms with E-state index < -0.39 is 0 Å². The molecular weight excluding hydrogens is 198 g/mol. The van der Waals surface area contributed by atoms with Gasteiger partial charge < -0.3 is 10.4 Å². The minimum atomic E-state index is 0.356. The highest BCUT2D eigenvalue weighted by molar-refractivity contribution is 5.97. The minimum absolute atomic E-state index is 0.356. The zero-order valence-corrected chi connectivity index (χ0v) is 9.11. The molecule has 0 atom stereocenters. The van der Waals surface area contributed by atoms with Gasteiger partial charge >= 0.3 is 0 Å². The molecule has 16 heavy (non-hydrogen) atoms. The van der Waals surface area contributed by atoms with Crippen LogP contribution in [-0.2, 0) is 0 Å². The smallest absolute Gasteiger partial charge is 0.123 e.